The maximum Gasteiger partial charge on any atom is 0.401 e. The molecule has 2 unspecified atom stereocenters. The van der Waals surface area contributed by atoms with Gasteiger partial charge in [-0.05, 0) is 19.4 Å². The molecule has 1 rings (SSSR count). The molecular weight excluding hydrogens is 262 g/mol. The van der Waals surface area contributed by atoms with Crippen LogP contribution in [0.4, 0.5) is 26.3 Å². The van der Waals surface area contributed by atoms with Gasteiger partial charge in [-0.25, -0.2) is 0 Å². The average Bonchev–Trinajstić information content (AvgIpc) is 2.09. The highest BCUT2D eigenvalue weighted by molar-refractivity contribution is 4.83. The van der Waals surface area contributed by atoms with Crippen LogP contribution in [0.15, 0.2) is 0 Å². The number of likely N-dealkylation sites (tertiary alicyclic amines) is 1. The third kappa shape index (κ3) is 6.44. The van der Waals surface area contributed by atoms with Gasteiger partial charge in [-0.2, -0.15) is 26.3 Å². The fraction of sp³-hybridized carbons (Fsp3) is 1.00. The fourth-order valence-electron chi connectivity index (χ4n) is 2.33. The van der Waals surface area contributed by atoms with E-state index < -0.39 is 37.3 Å². The number of nitrogens with zero attached hydrogens (tertiary/aromatic N) is 1. The van der Waals surface area contributed by atoms with Gasteiger partial charge in [0.1, 0.15) is 0 Å². The van der Waals surface area contributed by atoms with E-state index >= 15 is 0 Å². The highest BCUT2D eigenvalue weighted by Crippen LogP contribution is 2.30. The van der Waals surface area contributed by atoms with Crippen LogP contribution in [-0.2, 0) is 0 Å². The van der Waals surface area contributed by atoms with E-state index in [1.807, 2.05) is 0 Å². The van der Waals surface area contributed by atoms with E-state index in [0.29, 0.717) is 6.54 Å². The molecule has 2 nitrogen and oxygen atoms in total. The summed E-state index contributed by atoms with van der Waals surface area (Å²) in [5, 5.41) is 2.27. The zero-order valence-corrected chi connectivity index (χ0v) is 9.91. The molecule has 2 atom stereocenters. The Morgan fingerprint density at radius 3 is 2.17 bits per heavy atom. The van der Waals surface area contributed by atoms with Crippen molar-refractivity contribution in [1.82, 2.24) is 10.2 Å². The van der Waals surface area contributed by atoms with Crippen LogP contribution >= 0.6 is 0 Å². The minimum atomic E-state index is -4.34. The van der Waals surface area contributed by atoms with Crippen molar-refractivity contribution in [3.05, 3.63) is 0 Å². The van der Waals surface area contributed by atoms with Crippen molar-refractivity contribution in [3.63, 3.8) is 0 Å². The molecule has 0 spiro atoms. The number of halogens is 6. The van der Waals surface area contributed by atoms with Crippen LogP contribution in [0.5, 0.6) is 0 Å². The summed E-state index contributed by atoms with van der Waals surface area (Å²) in [6.45, 7) is -0.557. The van der Waals surface area contributed by atoms with Crippen molar-refractivity contribution in [1.29, 1.82) is 0 Å². The Balaban J connectivity index is 2.45. The molecule has 1 fully saturated rings. The Labute approximate surface area is 101 Å². The van der Waals surface area contributed by atoms with Gasteiger partial charge < -0.3 is 10.2 Å². The maximum atomic E-state index is 12.3. The van der Waals surface area contributed by atoms with E-state index in [0.717, 1.165) is 0 Å². The van der Waals surface area contributed by atoms with Gasteiger partial charge in [-0.15, -0.1) is 0 Å². The molecule has 0 radical (unpaired) electrons. The average molecular weight is 278 g/mol. The van der Waals surface area contributed by atoms with Crippen molar-refractivity contribution < 1.29 is 26.3 Å². The smallest absolute Gasteiger partial charge is 0.305 e. The molecule has 0 aromatic rings. The lowest BCUT2D eigenvalue weighted by molar-refractivity contribution is -0.150. The molecule has 1 aliphatic heterocycles. The van der Waals surface area contributed by atoms with Crippen molar-refractivity contribution in [2.24, 2.45) is 5.92 Å². The van der Waals surface area contributed by atoms with Crippen molar-refractivity contribution in [2.75, 3.05) is 26.7 Å². The predicted octanol–water partition coefficient (Wildman–Crippen LogP) is 2.41. The number of hydrogen-bond donors (Lipinski definition) is 1. The van der Waals surface area contributed by atoms with Crippen LogP contribution in [0.3, 0.4) is 0 Å². The Morgan fingerprint density at radius 2 is 1.67 bits per heavy atom. The number of alkyl halides is 6. The Kier molecular flexibility index (Phi) is 4.88. The van der Waals surface area contributed by atoms with Gasteiger partial charge in [-0.1, -0.05) is 0 Å². The summed E-state index contributed by atoms with van der Waals surface area (Å²) in [5.41, 5.74) is 0. The lowest BCUT2D eigenvalue weighted by Crippen LogP contribution is -2.50. The van der Waals surface area contributed by atoms with Gasteiger partial charge in [0.25, 0.3) is 0 Å². The number of nitrogens with one attached hydrogen (secondary N) is 1. The lowest BCUT2D eigenvalue weighted by Gasteiger charge is -2.36. The fourth-order valence-corrected chi connectivity index (χ4v) is 2.33. The van der Waals surface area contributed by atoms with Gasteiger partial charge in [0.15, 0.2) is 0 Å². The van der Waals surface area contributed by atoms with Crippen molar-refractivity contribution in [3.8, 4) is 0 Å². The molecule has 0 bridgehead atoms. The third-order valence-corrected chi connectivity index (χ3v) is 2.83. The summed E-state index contributed by atoms with van der Waals surface area (Å²) in [7, 11) is 1.62. The Morgan fingerprint density at radius 1 is 1.06 bits per heavy atom. The maximum absolute atomic E-state index is 12.3. The first-order valence-electron chi connectivity index (χ1n) is 5.60. The monoisotopic (exact) mass is 278 g/mol. The predicted molar refractivity (Wildman–Crippen MR) is 54.1 cm³/mol. The molecule has 0 aromatic carbocycles. The highest BCUT2D eigenvalue weighted by Gasteiger charge is 2.37. The van der Waals surface area contributed by atoms with Crippen molar-refractivity contribution >= 4 is 0 Å². The van der Waals surface area contributed by atoms with Crippen LogP contribution in [0.25, 0.3) is 0 Å². The second-order valence-corrected chi connectivity index (χ2v) is 4.84. The molecule has 1 heterocycles. The molecule has 108 valence electrons. The van der Waals surface area contributed by atoms with Gasteiger partial charge in [-0.3, -0.25) is 0 Å². The van der Waals surface area contributed by atoms with Crippen LogP contribution < -0.4 is 5.32 Å². The molecule has 1 N–H and O–H groups in total. The number of piperidine rings is 1. The molecular formula is C10H16F6N2. The zero-order chi connectivity index (χ0) is 14.0. The molecule has 18 heavy (non-hydrogen) atoms. The SMILES string of the molecule is CN1CC(CC(F)(F)F)CC(NCC(F)(F)F)C1. The first kappa shape index (κ1) is 15.6. The summed E-state index contributed by atoms with van der Waals surface area (Å²) < 4.78 is 72.8. The first-order chi connectivity index (χ1) is 8.05. The zero-order valence-electron chi connectivity index (χ0n) is 9.91. The third-order valence-electron chi connectivity index (χ3n) is 2.83. The summed E-state index contributed by atoms with van der Waals surface area (Å²) in [5.74, 6) is -0.644. The number of rotatable bonds is 3. The van der Waals surface area contributed by atoms with Crippen LogP contribution in [0.1, 0.15) is 12.8 Å². The molecule has 8 heteroatoms. The minimum absolute atomic E-state index is 0.125. The minimum Gasteiger partial charge on any atom is -0.305 e. The summed E-state index contributed by atoms with van der Waals surface area (Å²) in [6, 6.07) is -0.544. The topological polar surface area (TPSA) is 15.3 Å². The quantitative estimate of drug-likeness (QED) is 0.798. The first-order valence-corrected chi connectivity index (χ1v) is 5.60. The van der Waals surface area contributed by atoms with E-state index in [2.05, 4.69) is 5.32 Å². The van der Waals surface area contributed by atoms with Gasteiger partial charge in [0, 0.05) is 25.6 Å². The molecule has 0 aromatic heterocycles. The second kappa shape index (κ2) is 5.64. The largest absolute Gasteiger partial charge is 0.401 e. The summed E-state index contributed by atoms with van der Waals surface area (Å²) in [6.07, 6.45) is -9.42. The summed E-state index contributed by atoms with van der Waals surface area (Å²) in [4.78, 5) is 1.63. The molecule has 0 amide bonds. The van der Waals surface area contributed by atoms with Crippen LogP contribution in [0, 0.1) is 5.92 Å². The Hall–Kier alpha value is -0.500. The summed E-state index contributed by atoms with van der Waals surface area (Å²) >= 11 is 0. The lowest BCUT2D eigenvalue weighted by atomic mass is 9.91. The molecule has 1 aliphatic rings. The molecule has 0 aliphatic carbocycles. The number of hydrogen-bond acceptors (Lipinski definition) is 2. The van der Waals surface area contributed by atoms with Crippen molar-refractivity contribution in [2.45, 2.75) is 31.2 Å². The van der Waals surface area contributed by atoms with E-state index in [1.54, 1.807) is 11.9 Å². The second-order valence-electron chi connectivity index (χ2n) is 4.84. The Bertz CT molecular complexity index is 262. The van der Waals surface area contributed by atoms with E-state index in [9.17, 15) is 26.3 Å². The van der Waals surface area contributed by atoms with Crippen LogP contribution in [-0.4, -0.2) is 50.0 Å². The van der Waals surface area contributed by atoms with E-state index in [-0.39, 0.29) is 13.0 Å². The van der Waals surface area contributed by atoms with Gasteiger partial charge in [0.2, 0.25) is 0 Å². The normalized spacial score (nSPS) is 27.5. The molecule has 0 saturated carbocycles. The van der Waals surface area contributed by atoms with Gasteiger partial charge in [0.05, 0.1) is 6.54 Å². The number of likely N-dealkylation sites (N-methyl/N-ethyl adjacent to an activating group) is 1. The van der Waals surface area contributed by atoms with Crippen LogP contribution in [0.2, 0.25) is 0 Å². The highest BCUT2D eigenvalue weighted by atomic mass is 19.4. The van der Waals surface area contributed by atoms with E-state index in [1.165, 1.54) is 0 Å². The van der Waals surface area contributed by atoms with E-state index in [4.69, 9.17) is 0 Å². The molecule has 1 saturated heterocycles. The standard InChI is InChI=1S/C10H16F6N2/c1-18-4-7(3-9(11,12)13)2-8(5-18)17-6-10(14,15)16/h7-8,17H,2-6H2,1H3. The van der Waals surface area contributed by atoms with Gasteiger partial charge >= 0.3 is 12.4 Å².